The van der Waals surface area contributed by atoms with Crippen molar-refractivity contribution in [3.63, 3.8) is 0 Å². The third kappa shape index (κ3) is 2.91. The van der Waals surface area contributed by atoms with E-state index in [9.17, 15) is 0 Å². The Balaban J connectivity index is 2.82. The molecule has 0 saturated carbocycles. The van der Waals surface area contributed by atoms with E-state index < -0.39 is 0 Å². The van der Waals surface area contributed by atoms with Gasteiger partial charge in [-0.25, -0.2) is 6.57 Å². The van der Waals surface area contributed by atoms with Crippen LogP contribution in [0.25, 0.3) is 4.85 Å². The summed E-state index contributed by atoms with van der Waals surface area (Å²) in [5.74, 6) is 0. The van der Waals surface area contributed by atoms with Crippen molar-refractivity contribution in [2.24, 2.45) is 0 Å². The highest BCUT2D eigenvalue weighted by molar-refractivity contribution is 5.24. The van der Waals surface area contributed by atoms with Gasteiger partial charge in [-0.2, -0.15) is 0 Å². The minimum absolute atomic E-state index is 0.270. The Morgan fingerprint density at radius 3 is 2.62 bits per heavy atom. The van der Waals surface area contributed by atoms with E-state index in [1.54, 1.807) is 0 Å². The number of aryl methyl sites for hydroxylation is 1. The molecule has 68 valence electrons. The van der Waals surface area contributed by atoms with E-state index in [2.05, 4.69) is 30.0 Å². The van der Waals surface area contributed by atoms with Gasteiger partial charge in [0.25, 0.3) is 0 Å². The molecule has 1 nitrogen and oxygen atoms in total. The second-order valence-electron chi connectivity index (χ2n) is 4.09. The van der Waals surface area contributed by atoms with Gasteiger partial charge in [-0.15, -0.1) is 0 Å². The van der Waals surface area contributed by atoms with E-state index in [-0.39, 0.29) is 5.54 Å². The van der Waals surface area contributed by atoms with Crippen molar-refractivity contribution in [1.82, 2.24) is 0 Å². The first-order chi connectivity index (χ1) is 6.03. The van der Waals surface area contributed by atoms with Gasteiger partial charge in [0.15, 0.2) is 0 Å². The molecule has 0 aliphatic heterocycles. The average Bonchev–Trinajstić information content (AvgIpc) is 2.03. The van der Waals surface area contributed by atoms with Crippen LogP contribution in [0.5, 0.6) is 0 Å². The SMILES string of the molecule is [C-]#[N+]C(C)(C)Cc1cccc(C)c1. The normalized spacial score (nSPS) is 10.9. The third-order valence-corrected chi connectivity index (χ3v) is 2.02. The Hall–Kier alpha value is -1.29. The van der Waals surface area contributed by atoms with Crippen molar-refractivity contribution in [3.8, 4) is 0 Å². The molecule has 0 aliphatic carbocycles. The average molecular weight is 173 g/mol. The Morgan fingerprint density at radius 1 is 1.38 bits per heavy atom. The first-order valence-corrected chi connectivity index (χ1v) is 4.48. The van der Waals surface area contributed by atoms with Crippen molar-refractivity contribution < 1.29 is 0 Å². The van der Waals surface area contributed by atoms with Crippen LogP contribution < -0.4 is 0 Å². The molecule has 1 heteroatoms. The van der Waals surface area contributed by atoms with Gasteiger partial charge in [0.2, 0.25) is 5.54 Å². The molecule has 0 aliphatic rings. The zero-order chi connectivity index (χ0) is 9.90. The van der Waals surface area contributed by atoms with Gasteiger partial charge in [0, 0.05) is 13.8 Å². The molecule has 0 N–H and O–H groups in total. The Labute approximate surface area is 80.2 Å². The summed E-state index contributed by atoms with van der Waals surface area (Å²) in [6.07, 6.45) is 0.832. The summed E-state index contributed by atoms with van der Waals surface area (Å²) in [6.45, 7) is 13.1. The van der Waals surface area contributed by atoms with E-state index >= 15 is 0 Å². The van der Waals surface area contributed by atoms with Crippen molar-refractivity contribution in [1.29, 1.82) is 0 Å². The van der Waals surface area contributed by atoms with Crippen LogP contribution >= 0.6 is 0 Å². The number of nitrogens with zero attached hydrogens (tertiary/aromatic N) is 1. The fourth-order valence-corrected chi connectivity index (χ4v) is 1.36. The molecule has 1 rings (SSSR count). The quantitative estimate of drug-likeness (QED) is 0.605. The van der Waals surface area contributed by atoms with Gasteiger partial charge in [0.1, 0.15) is 0 Å². The number of hydrogen-bond donors (Lipinski definition) is 0. The van der Waals surface area contributed by atoms with E-state index in [1.807, 2.05) is 19.9 Å². The van der Waals surface area contributed by atoms with Gasteiger partial charge in [-0.05, 0) is 12.5 Å². The summed E-state index contributed by atoms with van der Waals surface area (Å²) in [4.78, 5) is 3.60. The largest absolute Gasteiger partial charge is 0.311 e. The molecule has 1 aromatic rings. The van der Waals surface area contributed by atoms with Gasteiger partial charge in [-0.3, -0.25) is 0 Å². The monoisotopic (exact) mass is 173 g/mol. The zero-order valence-corrected chi connectivity index (χ0v) is 8.46. The molecule has 0 spiro atoms. The summed E-state index contributed by atoms with van der Waals surface area (Å²) >= 11 is 0. The van der Waals surface area contributed by atoms with Crippen LogP contribution in [-0.4, -0.2) is 5.54 Å². The Kier molecular flexibility index (Phi) is 2.72. The second-order valence-corrected chi connectivity index (χ2v) is 4.09. The fraction of sp³-hybridized carbons (Fsp3) is 0.417. The number of hydrogen-bond acceptors (Lipinski definition) is 0. The highest BCUT2D eigenvalue weighted by Crippen LogP contribution is 2.17. The topological polar surface area (TPSA) is 4.36 Å². The molecule has 1 aromatic carbocycles. The van der Waals surface area contributed by atoms with Crippen molar-refractivity contribution in [3.05, 3.63) is 46.8 Å². The Morgan fingerprint density at radius 2 is 2.08 bits per heavy atom. The molecule has 0 fully saturated rings. The molecule has 0 saturated heterocycles. The van der Waals surface area contributed by atoms with Gasteiger partial charge in [-0.1, -0.05) is 29.8 Å². The van der Waals surface area contributed by atoms with Crippen LogP contribution in [0.1, 0.15) is 25.0 Å². The lowest BCUT2D eigenvalue weighted by Crippen LogP contribution is -2.17. The molecule has 0 heterocycles. The summed E-state index contributed by atoms with van der Waals surface area (Å²) in [5.41, 5.74) is 2.24. The standard InChI is InChI=1S/C12H15N/c1-10-6-5-7-11(8-10)9-12(2,3)13-4/h5-8H,9H2,1-3H3. The minimum atomic E-state index is -0.270. The lowest BCUT2D eigenvalue weighted by atomic mass is 9.95. The van der Waals surface area contributed by atoms with Gasteiger partial charge < -0.3 is 4.85 Å². The van der Waals surface area contributed by atoms with Gasteiger partial charge >= 0.3 is 0 Å². The third-order valence-electron chi connectivity index (χ3n) is 2.02. The lowest BCUT2D eigenvalue weighted by Gasteiger charge is -2.11. The van der Waals surface area contributed by atoms with E-state index in [1.165, 1.54) is 11.1 Å². The van der Waals surface area contributed by atoms with Crippen LogP contribution in [0, 0.1) is 13.5 Å². The van der Waals surface area contributed by atoms with E-state index in [0.29, 0.717) is 0 Å². The molecule has 0 aromatic heterocycles. The first-order valence-electron chi connectivity index (χ1n) is 4.48. The molecule has 13 heavy (non-hydrogen) atoms. The highest BCUT2D eigenvalue weighted by atomic mass is 14.8. The Bertz CT molecular complexity index is 331. The molecule has 0 atom stereocenters. The summed E-state index contributed by atoms with van der Waals surface area (Å²) < 4.78 is 0. The van der Waals surface area contributed by atoms with E-state index in [4.69, 9.17) is 6.57 Å². The minimum Gasteiger partial charge on any atom is -0.311 e. The van der Waals surface area contributed by atoms with Gasteiger partial charge in [0.05, 0.1) is 6.42 Å². The summed E-state index contributed by atoms with van der Waals surface area (Å²) in [6, 6.07) is 8.35. The maximum Gasteiger partial charge on any atom is 0.231 e. The molecule has 0 bridgehead atoms. The smallest absolute Gasteiger partial charge is 0.231 e. The zero-order valence-electron chi connectivity index (χ0n) is 8.46. The van der Waals surface area contributed by atoms with Crippen molar-refractivity contribution in [2.45, 2.75) is 32.7 Å². The van der Waals surface area contributed by atoms with E-state index in [0.717, 1.165) is 6.42 Å². The fourth-order valence-electron chi connectivity index (χ4n) is 1.36. The van der Waals surface area contributed by atoms with Crippen LogP contribution in [0.3, 0.4) is 0 Å². The van der Waals surface area contributed by atoms with Crippen LogP contribution in [-0.2, 0) is 6.42 Å². The van der Waals surface area contributed by atoms with Crippen LogP contribution in [0.15, 0.2) is 24.3 Å². The maximum absolute atomic E-state index is 7.03. The molecule has 0 radical (unpaired) electrons. The molecular formula is C12H15N. The van der Waals surface area contributed by atoms with Crippen molar-refractivity contribution in [2.75, 3.05) is 0 Å². The highest BCUT2D eigenvalue weighted by Gasteiger charge is 2.22. The van der Waals surface area contributed by atoms with Crippen LogP contribution in [0.2, 0.25) is 0 Å². The molecular weight excluding hydrogens is 158 g/mol. The number of benzene rings is 1. The van der Waals surface area contributed by atoms with Crippen LogP contribution in [0.4, 0.5) is 0 Å². The predicted octanol–water partition coefficient (Wildman–Crippen LogP) is 3.24. The number of rotatable bonds is 2. The maximum atomic E-state index is 7.03. The molecule has 0 unspecified atom stereocenters. The first kappa shape index (κ1) is 9.80. The second kappa shape index (κ2) is 3.62. The predicted molar refractivity (Wildman–Crippen MR) is 55.6 cm³/mol. The molecule has 0 amide bonds. The lowest BCUT2D eigenvalue weighted by molar-refractivity contribution is 0.609. The summed E-state index contributed by atoms with van der Waals surface area (Å²) in [5, 5.41) is 0. The van der Waals surface area contributed by atoms with Crippen molar-refractivity contribution >= 4 is 0 Å². The summed E-state index contributed by atoms with van der Waals surface area (Å²) in [7, 11) is 0.